The molecule has 0 aromatic carbocycles. The lowest BCUT2D eigenvalue weighted by molar-refractivity contribution is -0.137. The van der Waals surface area contributed by atoms with E-state index in [1.54, 1.807) is 6.92 Å². The monoisotopic (exact) mass is 190 g/mol. The lowest BCUT2D eigenvalue weighted by Gasteiger charge is -2.01. The summed E-state index contributed by atoms with van der Waals surface area (Å²) in [6.07, 6.45) is 3.34. The van der Waals surface area contributed by atoms with E-state index in [1.165, 1.54) is 0 Å². The summed E-state index contributed by atoms with van der Waals surface area (Å²) in [5.41, 5.74) is 0. The van der Waals surface area contributed by atoms with Crippen LogP contribution in [0.25, 0.3) is 0 Å². The Balaban J connectivity index is 0. The smallest absolute Gasteiger partial charge is 0.303 e. The summed E-state index contributed by atoms with van der Waals surface area (Å²) in [6, 6.07) is 0. The molecule has 0 aromatic heterocycles. The highest BCUT2D eigenvalue weighted by molar-refractivity contribution is 5.66. The first-order chi connectivity index (χ1) is 6.04. The van der Waals surface area contributed by atoms with E-state index in [9.17, 15) is 4.79 Å². The van der Waals surface area contributed by atoms with Gasteiger partial charge in [0, 0.05) is 13.0 Å². The average molecular weight is 190 g/mol. The van der Waals surface area contributed by atoms with Crippen LogP contribution in [0, 0.1) is 5.92 Å². The van der Waals surface area contributed by atoms with Crippen molar-refractivity contribution in [1.29, 1.82) is 0 Å². The van der Waals surface area contributed by atoms with Gasteiger partial charge in [0.25, 0.3) is 0 Å². The van der Waals surface area contributed by atoms with E-state index in [2.05, 4.69) is 13.8 Å². The van der Waals surface area contributed by atoms with Crippen LogP contribution in [0.4, 0.5) is 0 Å². The molecule has 0 aromatic rings. The Morgan fingerprint density at radius 3 is 2.08 bits per heavy atom. The molecule has 0 atom stereocenters. The van der Waals surface area contributed by atoms with E-state index in [4.69, 9.17) is 10.2 Å². The number of hydrogen-bond donors (Lipinski definition) is 2. The van der Waals surface area contributed by atoms with Crippen molar-refractivity contribution >= 4 is 5.97 Å². The van der Waals surface area contributed by atoms with Crippen molar-refractivity contribution in [2.75, 3.05) is 6.61 Å². The number of carboxylic acids is 1. The van der Waals surface area contributed by atoms with Crippen LogP contribution < -0.4 is 0 Å². The maximum absolute atomic E-state index is 10.0. The minimum Gasteiger partial charge on any atom is -0.481 e. The highest BCUT2D eigenvalue weighted by Gasteiger charge is 1.97. The van der Waals surface area contributed by atoms with Crippen molar-refractivity contribution in [2.45, 2.75) is 46.5 Å². The molecule has 13 heavy (non-hydrogen) atoms. The SMILES string of the molecule is CC(C)CCCCC(=O)O.CCO. The number of carboxylic acid groups (broad SMARTS) is 1. The van der Waals surface area contributed by atoms with Gasteiger partial charge in [-0.2, -0.15) is 0 Å². The van der Waals surface area contributed by atoms with E-state index < -0.39 is 5.97 Å². The Labute approximate surface area is 80.8 Å². The molecule has 0 spiro atoms. The minimum atomic E-state index is -0.677. The number of aliphatic carboxylic acids is 1. The molecule has 0 rings (SSSR count). The second kappa shape index (κ2) is 11.4. The van der Waals surface area contributed by atoms with Crippen LogP contribution in [0.15, 0.2) is 0 Å². The van der Waals surface area contributed by atoms with Crippen LogP contribution in [-0.4, -0.2) is 22.8 Å². The Bertz CT molecular complexity index is 111. The molecule has 0 saturated heterocycles. The molecule has 0 saturated carbocycles. The molecule has 0 radical (unpaired) electrons. The first-order valence-corrected chi connectivity index (χ1v) is 4.87. The zero-order valence-corrected chi connectivity index (χ0v) is 8.92. The predicted octanol–water partition coefficient (Wildman–Crippen LogP) is 2.29. The number of hydrogen-bond acceptors (Lipinski definition) is 2. The minimum absolute atomic E-state index is 0.250. The van der Waals surface area contributed by atoms with Gasteiger partial charge in [-0.1, -0.05) is 26.7 Å². The maximum Gasteiger partial charge on any atom is 0.303 e. The second-order valence-electron chi connectivity index (χ2n) is 3.35. The summed E-state index contributed by atoms with van der Waals surface area (Å²) < 4.78 is 0. The number of rotatable bonds is 5. The van der Waals surface area contributed by atoms with Gasteiger partial charge in [-0.3, -0.25) is 4.79 Å². The highest BCUT2D eigenvalue weighted by Crippen LogP contribution is 2.07. The Hall–Kier alpha value is -0.570. The summed E-state index contributed by atoms with van der Waals surface area (Å²) in [4.78, 5) is 10.0. The number of carbonyl (C=O) groups is 1. The molecule has 0 unspecified atom stereocenters. The van der Waals surface area contributed by atoms with Gasteiger partial charge in [0.2, 0.25) is 0 Å². The molecule has 0 amide bonds. The average Bonchev–Trinajstić information content (AvgIpc) is 1.99. The molecule has 2 N–H and O–H groups in total. The molecular formula is C10H22O3. The molecule has 80 valence electrons. The maximum atomic E-state index is 10.0. The molecule has 3 heteroatoms. The van der Waals surface area contributed by atoms with Crippen molar-refractivity contribution < 1.29 is 15.0 Å². The third-order valence-electron chi connectivity index (χ3n) is 1.42. The number of aliphatic hydroxyl groups excluding tert-OH is 1. The van der Waals surface area contributed by atoms with Crippen molar-refractivity contribution in [3.8, 4) is 0 Å². The van der Waals surface area contributed by atoms with Gasteiger partial charge in [0.15, 0.2) is 0 Å². The van der Waals surface area contributed by atoms with Gasteiger partial charge >= 0.3 is 5.97 Å². The third kappa shape index (κ3) is 24.6. The normalized spacial score (nSPS) is 9.31. The Kier molecular flexibility index (Phi) is 13.1. The zero-order valence-electron chi connectivity index (χ0n) is 8.92. The van der Waals surface area contributed by atoms with Gasteiger partial charge in [-0.05, 0) is 19.3 Å². The summed E-state index contributed by atoms with van der Waals surface area (Å²) in [7, 11) is 0. The summed E-state index contributed by atoms with van der Waals surface area (Å²) >= 11 is 0. The first-order valence-electron chi connectivity index (χ1n) is 4.87. The number of aliphatic hydroxyl groups is 1. The summed E-state index contributed by atoms with van der Waals surface area (Å²) in [6.45, 7) is 6.24. The van der Waals surface area contributed by atoms with Gasteiger partial charge in [-0.15, -0.1) is 0 Å². The largest absolute Gasteiger partial charge is 0.481 e. The van der Waals surface area contributed by atoms with Gasteiger partial charge in [0.05, 0.1) is 0 Å². The van der Waals surface area contributed by atoms with Crippen molar-refractivity contribution in [1.82, 2.24) is 0 Å². The number of unbranched alkanes of at least 4 members (excludes halogenated alkanes) is 1. The van der Waals surface area contributed by atoms with E-state index in [0.29, 0.717) is 12.3 Å². The van der Waals surface area contributed by atoms with Crippen LogP contribution >= 0.6 is 0 Å². The molecule has 0 aliphatic carbocycles. The van der Waals surface area contributed by atoms with Crippen LogP contribution in [0.2, 0.25) is 0 Å². The van der Waals surface area contributed by atoms with Crippen LogP contribution in [0.1, 0.15) is 46.5 Å². The van der Waals surface area contributed by atoms with Crippen molar-refractivity contribution in [3.05, 3.63) is 0 Å². The standard InChI is InChI=1S/C8H16O2.C2H6O/c1-7(2)5-3-4-6-8(9)10;1-2-3/h7H,3-6H2,1-2H3,(H,9,10);3H,2H2,1H3. The van der Waals surface area contributed by atoms with Crippen LogP contribution in [0.3, 0.4) is 0 Å². The highest BCUT2D eigenvalue weighted by atomic mass is 16.4. The fourth-order valence-corrected chi connectivity index (χ4v) is 0.829. The van der Waals surface area contributed by atoms with Crippen LogP contribution in [-0.2, 0) is 4.79 Å². The van der Waals surface area contributed by atoms with E-state index in [-0.39, 0.29) is 6.61 Å². The third-order valence-corrected chi connectivity index (χ3v) is 1.42. The van der Waals surface area contributed by atoms with E-state index in [0.717, 1.165) is 19.3 Å². The zero-order chi connectivity index (χ0) is 10.7. The molecule has 3 nitrogen and oxygen atoms in total. The van der Waals surface area contributed by atoms with Gasteiger partial charge < -0.3 is 10.2 Å². The van der Waals surface area contributed by atoms with E-state index in [1.807, 2.05) is 0 Å². The quantitative estimate of drug-likeness (QED) is 0.654. The molecular weight excluding hydrogens is 168 g/mol. The fourth-order valence-electron chi connectivity index (χ4n) is 0.829. The summed E-state index contributed by atoms with van der Waals surface area (Å²) in [5, 5.41) is 15.8. The lowest BCUT2D eigenvalue weighted by Crippen LogP contribution is -1.94. The molecule has 0 heterocycles. The predicted molar refractivity (Wildman–Crippen MR) is 53.7 cm³/mol. The topological polar surface area (TPSA) is 57.5 Å². The summed E-state index contributed by atoms with van der Waals surface area (Å²) in [5.74, 6) is 0.0255. The second-order valence-corrected chi connectivity index (χ2v) is 3.35. The van der Waals surface area contributed by atoms with Gasteiger partial charge in [-0.25, -0.2) is 0 Å². The molecule has 0 aliphatic rings. The lowest BCUT2D eigenvalue weighted by atomic mass is 10.1. The first kappa shape index (κ1) is 14.9. The fraction of sp³-hybridized carbons (Fsp3) is 0.900. The molecule has 0 aliphatic heterocycles. The van der Waals surface area contributed by atoms with Gasteiger partial charge in [0.1, 0.15) is 0 Å². The Morgan fingerprint density at radius 1 is 1.31 bits per heavy atom. The molecule has 0 fully saturated rings. The molecule has 0 bridgehead atoms. The van der Waals surface area contributed by atoms with Crippen molar-refractivity contribution in [3.63, 3.8) is 0 Å². The van der Waals surface area contributed by atoms with E-state index >= 15 is 0 Å². The van der Waals surface area contributed by atoms with Crippen LogP contribution in [0.5, 0.6) is 0 Å². The Morgan fingerprint density at radius 2 is 1.77 bits per heavy atom. The van der Waals surface area contributed by atoms with Crippen molar-refractivity contribution in [2.24, 2.45) is 5.92 Å².